The second-order valence-electron chi connectivity index (χ2n) is 4.72. The summed E-state index contributed by atoms with van der Waals surface area (Å²) in [5.41, 5.74) is 0.686. The second-order valence-corrected chi connectivity index (χ2v) is 4.72. The first kappa shape index (κ1) is 12.4. The molecular weight excluding hydrogens is 217 g/mol. The van der Waals surface area contributed by atoms with Crippen LogP contribution in [0, 0.1) is 5.82 Å². The Labute approximate surface area is 102 Å². The molecule has 0 aliphatic heterocycles. The van der Waals surface area contributed by atoms with Crippen LogP contribution in [0.2, 0.25) is 0 Å². The molecule has 1 N–H and O–H groups in total. The topological polar surface area (TPSA) is 21.3 Å². The molecule has 0 spiro atoms. The van der Waals surface area contributed by atoms with E-state index in [0.29, 0.717) is 11.3 Å². The van der Waals surface area contributed by atoms with Gasteiger partial charge in [0.05, 0.1) is 6.10 Å². The Morgan fingerprint density at radius 3 is 2.65 bits per heavy atom. The Bertz CT molecular complexity index is 374. The van der Waals surface area contributed by atoms with E-state index in [1.807, 2.05) is 20.0 Å². The molecule has 0 aromatic heterocycles. The molecule has 0 amide bonds. The van der Waals surface area contributed by atoms with Crippen molar-refractivity contribution in [3.63, 3.8) is 0 Å². The number of nitrogens with one attached hydrogen (secondary N) is 1. The Balaban J connectivity index is 2.07. The molecular formula is C14H20FNO. The average molecular weight is 237 g/mol. The summed E-state index contributed by atoms with van der Waals surface area (Å²) >= 11 is 0. The monoisotopic (exact) mass is 237 g/mol. The van der Waals surface area contributed by atoms with Gasteiger partial charge in [-0.25, -0.2) is 4.39 Å². The van der Waals surface area contributed by atoms with Crippen LogP contribution in [-0.4, -0.2) is 13.2 Å². The summed E-state index contributed by atoms with van der Waals surface area (Å²) in [4.78, 5) is 0. The number of hydrogen-bond acceptors (Lipinski definition) is 2. The summed E-state index contributed by atoms with van der Waals surface area (Å²) in [5.74, 6) is 0.462. The highest BCUT2D eigenvalue weighted by Gasteiger charge is 2.17. The normalized spacial score (nSPS) is 18.3. The summed E-state index contributed by atoms with van der Waals surface area (Å²) in [5, 5.41) is 3.03. The zero-order valence-corrected chi connectivity index (χ0v) is 10.5. The van der Waals surface area contributed by atoms with E-state index in [4.69, 9.17) is 4.74 Å². The quantitative estimate of drug-likeness (QED) is 0.866. The lowest BCUT2D eigenvalue weighted by molar-refractivity contribution is 0.209. The van der Waals surface area contributed by atoms with Gasteiger partial charge in [-0.3, -0.25) is 0 Å². The number of ether oxygens (including phenoxy) is 1. The Kier molecular flexibility index (Phi) is 4.00. The van der Waals surface area contributed by atoms with E-state index in [2.05, 4.69) is 5.32 Å². The van der Waals surface area contributed by atoms with Crippen LogP contribution in [-0.2, 0) is 0 Å². The number of halogens is 1. The van der Waals surface area contributed by atoms with E-state index in [0.717, 1.165) is 12.8 Å². The van der Waals surface area contributed by atoms with Crippen molar-refractivity contribution in [3.8, 4) is 5.75 Å². The van der Waals surface area contributed by atoms with Gasteiger partial charge in [-0.2, -0.15) is 0 Å². The molecule has 0 bridgehead atoms. The van der Waals surface area contributed by atoms with E-state index < -0.39 is 0 Å². The molecule has 1 saturated carbocycles. The maximum absolute atomic E-state index is 13.8. The second kappa shape index (κ2) is 5.50. The Morgan fingerprint density at radius 2 is 2.06 bits per heavy atom. The van der Waals surface area contributed by atoms with Gasteiger partial charge >= 0.3 is 0 Å². The fraction of sp³-hybridized carbons (Fsp3) is 0.571. The van der Waals surface area contributed by atoms with Crippen molar-refractivity contribution in [1.82, 2.24) is 5.32 Å². The summed E-state index contributed by atoms with van der Waals surface area (Å²) < 4.78 is 19.6. The minimum absolute atomic E-state index is 0.0236. The van der Waals surface area contributed by atoms with Crippen molar-refractivity contribution in [3.05, 3.63) is 29.6 Å². The highest BCUT2D eigenvalue weighted by molar-refractivity contribution is 5.30. The predicted molar refractivity (Wildman–Crippen MR) is 66.8 cm³/mol. The van der Waals surface area contributed by atoms with Crippen molar-refractivity contribution in [2.75, 3.05) is 7.05 Å². The van der Waals surface area contributed by atoms with Crippen LogP contribution in [0.25, 0.3) is 0 Å². The van der Waals surface area contributed by atoms with Gasteiger partial charge < -0.3 is 10.1 Å². The molecule has 0 heterocycles. The van der Waals surface area contributed by atoms with Crippen LogP contribution in [0.1, 0.15) is 44.2 Å². The Hall–Kier alpha value is -1.09. The maximum atomic E-state index is 13.8. The smallest absolute Gasteiger partial charge is 0.131 e. The third-order valence-corrected chi connectivity index (χ3v) is 3.48. The van der Waals surface area contributed by atoms with Gasteiger partial charge in [-0.05, 0) is 45.7 Å². The van der Waals surface area contributed by atoms with Crippen LogP contribution in [0.5, 0.6) is 5.75 Å². The van der Waals surface area contributed by atoms with E-state index >= 15 is 0 Å². The molecule has 0 saturated heterocycles. The number of rotatable bonds is 4. The molecule has 1 aliphatic rings. The highest BCUT2D eigenvalue weighted by Crippen LogP contribution is 2.26. The van der Waals surface area contributed by atoms with Crippen molar-refractivity contribution < 1.29 is 9.13 Å². The molecule has 1 aliphatic carbocycles. The average Bonchev–Trinajstić information content (AvgIpc) is 2.81. The zero-order chi connectivity index (χ0) is 12.3. The SMILES string of the molecule is CNC(C)c1ccc(OC2CCCC2)cc1F. The molecule has 2 rings (SSSR count). The minimum atomic E-state index is -0.192. The fourth-order valence-corrected chi connectivity index (χ4v) is 2.29. The van der Waals surface area contributed by atoms with Crippen LogP contribution >= 0.6 is 0 Å². The third kappa shape index (κ3) is 2.97. The zero-order valence-electron chi connectivity index (χ0n) is 10.5. The molecule has 1 aromatic carbocycles. The predicted octanol–water partition coefficient (Wildman–Crippen LogP) is 3.43. The minimum Gasteiger partial charge on any atom is -0.490 e. The standard InChI is InChI=1S/C14H20FNO/c1-10(16-2)13-8-7-12(9-14(13)15)17-11-5-3-4-6-11/h7-11,16H,3-6H2,1-2H3. The summed E-state index contributed by atoms with van der Waals surface area (Å²) in [6.45, 7) is 1.94. The first-order chi connectivity index (χ1) is 8.20. The van der Waals surface area contributed by atoms with Crippen LogP contribution in [0.4, 0.5) is 4.39 Å². The Morgan fingerprint density at radius 1 is 1.35 bits per heavy atom. The van der Waals surface area contributed by atoms with Crippen molar-refractivity contribution in [2.45, 2.75) is 44.8 Å². The molecule has 1 fully saturated rings. The summed E-state index contributed by atoms with van der Waals surface area (Å²) in [6.07, 6.45) is 4.92. The number of benzene rings is 1. The first-order valence-electron chi connectivity index (χ1n) is 6.34. The van der Waals surface area contributed by atoms with Crippen molar-refractivity contribution in [1.29, 1.82) is 0 Å². The van der Waals surface area contributed by atoms with Gasteiger partial charge in [0.2, 0.25) is 0 Å². The molecule has 0 radical (unpaired) electrons. The van der Waals surface area contributed by atoms with Gasteiger partial charge in [-0.15, -0.1) is 0 Å². The van der Waals surface area contributed by atoms with Gasteiger partial charge in [0.1, 0.15) is 11.6 Å². The summed E-state index contributed by atoms with van der Waals surface area (Å²) in [6, 6.07) is 5.20. The van der Waals surface area contributed by atoms with Gasteiger partial charge in [0.15, 0.2) is 0 Å². The summed E-state index contributed by atoms with van der Waals surface area (Å²) in [7, 11) is 1.83. The van der Waals surface area contributed by atoms with Crippen molar-refractivity contribution in [2.24, 2.45) is 0 Å². The fourth-order valence-electron chi connectivity index (χ4n) is 2.29. The highest BCUT2D eigenvalue weighted by atomic mass is 19.1. The molecule has 1 atom stereocenters. The number of hydrogen-bond donors (Lipinski definition) is 1. The van der Waals surface area contributed by atoms with Crippen molar-refractivity contribution >= 4 is 0 Å². The molecule has 1 aromatic rings. The maximum Gasteiger partial charge on any atom is 0.131 e. The largest absolute Gasteiger partial charge is 0.490 e. The lowest BCUT2D eigenvalue weighted by Crippen LogP contribution is -2.15. The van der Waals surface area contributed by atoms with Crippen LogP contribution < -0.4 is 10.1 Å². The van der Waals surface area contributed by atoms with Crippen LogP contribution in [0.3, 0.4) is 0 Å². The molecule has 1 unspecified atom stereocenters. The van der Waals surface area contributed by atoms with Crippen LogP contribution in [0.15, 0.2) is 18.2 Å². The van der Waals surface area contributed by atoms with E-state index in [1.54, 1.807) is 6.07 Å². The van der Waals surface area contributed by atoms with Gasteiger partial charge in [0, 0.05) is 17.7 Å². The first-order valence-corrected chi connectivity index (χ1v) is 6.34. The van der Waals surface area contributed by atoms with E-state index in [9.17, 15) is 4.39 Å². The molecule has 94 valence electrons. The molecule has 17 heavy (non-hydrogen) atoms. The van der Waals surface area contributed by atoms with Gasteiger partial charge in [-0.1, -0.05) is 6.07 Å². The third-order valence-electron chi connectivity index (χ3n) is 3.48. The lowest BCUT2D eigenvalue weighted by Gasteiger charge is -2.16. The molecule has 2 nitrogen and oxygen atoms in total. The van der Waals surface area contributed by atoms with E-state index in [-0.39, 0.29) is 18.0 Å². The van der Waals surface area contributed by atoms with E-state index in [1.165, 1.54) is 18.9 Å². The van der Waals surface area contributed by atoms with Gasteiger partial charge in [0.25, 0.3) is 0 Å². The lowest BCUT2D eigenvalue weighted by atomic mass is 10.1. The molecule has 3 heteroatoms.